The number of aliphatic imine (C=N–C) groups is 1. The summed E-state index contributed by atoms with van der Waals surface area (Å²) in [6.07, 6.45) is 2.57. The van der Waals surface area contributed by atoms with Crippen LogP contribution in [0.25, 0.3) is 11.0 Å². The number of fused-ring (bicyclic) bond motifs is 1. The van der Waals surface area contributed by atoms with Crippen LogP contribution in [0.1, 0.15) is 24.2 Å². The molecule has 1 aliphatic heterocycles. The van der Waals surface area contributed by atoms with Gasteiger partial charge in [0.05, 0.1) is 6.54 Å². The molecule has 0 radical (unpaired) electrons. The van der Waals surface area contributed by atoms with Gasteiger partial charge in [-0.2, -0.15) is 0 Å². The number of furan rings is 1. The number of hydrogen-bond acceptors (Lipinski definition) is 3. The molecule has 2 N–H and O–H groups in total. The zero-order valence-electron chi connectivity index (χ0n) is 15.3. The van der Waals surface area contributed by atoms with Gasteiger partial charge in [0.1, 0.15) is 11.3 Å². The number of guanidine groups is 1. The fraction of sp³-hybridized carbons (Fsp3) is 0.526. The predicted molar refractivity (Wildman–Crippen MR) is 115 cm³/mol. The Kier molecular flexibility index (Phi) is 7.56. The number of nitrogens with zero attached hydrogens (tertiary/aromatic N) is 2. The van der Waals surface area contributed by atoms with Gasteiger partial charge in [-0.05, 0) is 45.3 Å². The van der Waals surface area contributed by atoms with Gasteiger partial charge in [0.15, 0.2) is 5.96 Å². The van der Waals surface area contributed by atoms with Crippen LogP contribution in [0.5, 0.6) is 0 Å². The standard InChI is InChI=1S/C19H28N4O.HI/c1-14-16-8-4-5-9-17(16)24-18(14)12-22-19(20-2)21-11-15-7-6-10-23(3)13-15;/h4-5,8-9,15H,6-7,10-13H2,1-3H3,(H2,20,21,22);1H. The molecule has 2 heterocycles. The summed E-state index contributed by atoms with van der Waals surface area (Å²) >= 11 is 0. The molecule has 0 amide bonds. The van der Waals surface area contributed by atoms with Gasteiger partial charge in [0.2, 0.25) is 0 Å². The highest BCUT2D eigenvalue weighted by Crippen LogP contribution is 2.24. The molecule has 6 heteroatoms. The Morgan fingerprint density at radius 1 is 1.32 bits per heavy atom. The molecule has 0 bridgehead atoms. The Hall–Kier alpha value is -1.28. The molecule has 1 unspecified atom stereocenters. The van der Waals surface area contributed by atoms with Crippen LogP contribution < -0.4 is 10.6 Å². The molecule has 0 aliphatic carbocycles. The van der Waals surface area contributed by atoms with Crippen molar-refractivity contribution >= 4 is 40.9 Å². The van der Waals surface area contributed by atoms with Crippen molar-refractivity contribution in [3.63, 3.8) is 0 Å². The summed E-state index contributed by atoms with van der Waals surface area (Å²) < 4.78 is 5.95. The largest absolute Gasteiger partial charge is 0.459 e. The van der Waals surface area contributed by atoms with Crippen molar-refractivity contribution in [2.24, 2.45) is 10.9 Å². The van der Waals surface area contributed by atoms with Crippen LogP contribution in [0.3, 0.4) is 0 Å². The van der Waals surface area contributed by atoms with E-state index in [1.807, 2.05) is 25.2 Å². The first kappa shape index (κ1) is 20.0. The van der Waals surface area contributed by atoms with E-state index in [-0.39, 0.29) is 24.0 Å². The number of halogens is 1. The zero-order valence-corrected chi connectivity index (χ0v) is 17.7. The minimum absolute atomic E-state index is 0. The second-order valence-corrected chi connectivity index (χ2v) is 6.72. The minimum Gasteiger partial charge on any atom is -0.459 e. The van der Waals surface area contributed by atoms with Crippen LogP contribution in [0, 0.1) is 12.8 Å². The smallest absolute Gasteiger partial charge is 0.191 e. The van der Waals surface area contributed by atoms with Gasteiger partial charge in [-0.3, -0.25) is 4.99 Å². The van der Waals surface area contributed by atoms with E-state index in [0.29, 0.717) is 12.5 Å². The second kappa shape index (κ2) is 9.43. The number of nitrogens with one attached hydrogen (secondary N) is 2. The van der Waals surface area contributed by atoms with Crippen LogP contribution in [0.2, 0.25) is 0 Å². The summed E-state index contributed by atoms with van der Waals surface area (Å²) in [6, 6.07) is 8.16. The number of benzene rings is 1. The summed E-state index contributed by atoms with van der Waals surface area (Å²) in [5, 5.41) is 8.01. The van der Waals surface area contributed by atoms with Gasteiger partial charge in [0, 0.05) is 31.1 Å². The number of piperidine rings is 1. The molecule has 2 aromatic rings. The molecule has 138 valence electrons. The Morgan fingerprint density at radius 2 is 2.12 bits per heavy atom. The van der Waals surface area contributed by atoms with Crippen LogP contribution in [-0.2, 0) is 6.54 Å². The zero-order chi connectivity index (χ0) is 16.9. The quantitative estimate of drug-likeness (QED) is 0.421. The Balaban J connectivity index is 0.00000225. The first-order valence-electron chi connectivity index (χ1n) is 8.77. The van der Waals surface area contributed by atoms with Crippen molar-refractivity contribution in [1.82, 2.24) is 15.5 Å². The summed E-state index contributed by atoms with van der Waals surface area (Å²) in [5.41, 5.74) is 2.14. The van der Waals surface area contributed by atoms with E-state index in [9.17, 15) is 0 Å². The maximum absolute atomic E-state index is 5.95. The van der Waals surface area contributed by atoms with Gasteiger partial charge in [-0.25, -0.2) is 0 Å². The highest BCUT2D eigenvalue weighted by Gasteiger charge is 2.17. The molecular weight excluding hydrogens is 427 g/mol. The van der Waals surface area contributed by atoms with Gasteiger partial charge < -0.3 is 20.0 Å². The molecular formula is C19H29IN4O. The lowest BCUT2D eigenvalue weighted by Gasteiger charge is -2.30. The third kappa shape index (κ3) is 5.10. The Morgan fingerprint density at radius 3 is 2.84 bits per heavy atom. The first-order chi connectivity index (χ1) is 11.7. The molecule has 1 aliphatic rings. The average molecular weight is 456 g/mol. The maximum Gasteiger partial charge on any atom is 0.191 e. The Labute approximate surface area is 167 Å². The molecule has 0 spiro atoms. The number of hydrogen-bond donors (Lipinski definition) is 2. The second-order valence-electron chi connectivity index (χ2n) is 6.72. The van der Waals surface area contributed by atoms with Crippen molar-refractivity contribution in [3.05, 3.63) is 35.6 Å². The van der Waals surface area contributed by atoms with Crippen LogP contribution in [0.15, 0.2) is 33.7 Å². The maximum atomic E-state index is 5.95. The number of rotatable bonds is 4. The molecule has 5 nitrogen and oxygen atoms in total. The fourth-order valence-corrected chi connectivity index (χ4v) is 3.46. The lowest BCUT2D eigenvalue weighted by Crippen LogP contribution is -2.43. The predicted octanol–water partition coefficient (Wildman–Crippen LogP) is 3.37. The molecule has 1 aromatic carbocycles. The third-order valence-corrected chi connectivity index (χ3v) is 4.86. The average Bonchev–Trinajstić information content (AvgIpc) is 2.92. The highest BCUT2D eigenvalue weighted by atomic mass is 127. The number of likely N-dealkylation sites (tertiary alicyclic amines) is 1. The van der Waals surface area contributed by atoms with Crippen molar-refractivity contribution in [1.29, 1.82) is 0 Å². The normalized spacial score (nSPS) is 18.8. The SMILES string of the molecule is CN=C(NCc1oc2ccccc2c1C)NCC1CCCN(C)C1.I. The van der Waals surface area contributed by atoms with E-state index in [2.05, 4.69) is 40.6 Å². The summed E-state index contributed by atoms with van der Waals surface area (Å²) in [5.74, 6) is 2.50. The molecule has 1 aromatic heterocycles. The van der Waals surface area contributed by atoms with E-state index in [0.717, 1.165) is 30.4 Å². The van der Waals surface area contributed by atoms with E-state index < -0.39 is 0 Å². The number of aryl methyl sites for hydroxylation is 1. The fourth-order valence-electron chi connectivity index (χ4n) is 3.46. The van der Waals surface area contributed by atoms with Crippen LogP contribution in [0.4, 0.5) is 0 Å². The third-order valence-electron chi connectivity index (χ3n) is 4.86. The van der Waals surface area contributed by atoms with Crippen LogP contribution in [-0.4, -0.2) is 44.6 Å². The summed E-state index contributed by atoms with van der Waals surface area (Å²) in [6.45, 7) is 6.09. The topological polar surface area (TPSA) is 52.8 Å². The number of para-hydroxylation sites is 1. The van der Waals surface area contributed by atoms with E-state index in [1.54, 1.807) is 0 Å². The van der Waals surface area contributed by atoms with Crippen molar-refractivity contribution in [3.8, 4) is 0 Å². The van der Waals surface area contributed by atoms with E-state index in [1.165, 1.54) is 30.3 Å². The summed E-state index contributed by atoms with van der Waals surface area (Å²) in [7, 11) is 4.01. The molecule has 1 atom stereocenters. The molecule has 25 heavy (non-hydrogen) atoms. The van der Waals surface area contributed by atoms with Gasteiger partial charge in [0.25, 0.3) is 0 Å². The Bertz CT molecular complexity index is 713. The van der Waals surface area contributed by atoms with Crippen molar-refractivity contribution in [2.75, 3.05) is 33.7 Å². The van der Waals surface area contributed by atoms with Crippen molar-refractivity contribution < 1.29 is 4.42 Å². The molecule has 3 rings (SSSR count). The molecule has 1 fully saturated rings. The van der Waals surface area contributed by atoms with E-state index in [4.69, 9.17) is 4.42 Å². The first-order valence-corrected chi connectivity index (χ1v) is 8.77. The van der Waals surface area contributed by atoms with Crippen molar-refractivity contribution in [2.45, 2.75) is 26.3 Å². The minimum atomic E-state index is 0. The molecule has 1 saturated heterocycles. The van der Waals surface area contributed by atoms with Gasteiger partial charge in [-0.1, -0.05) is 18.2 Å². The van der Waals surface area contributed by atoms with Gasteiger partial charge >= 0.3 is 0 Å². The lowest BCUT2D eigenvalue weighted by atomic mass is 9.99. The van der Waals surface area contributed by atoms with Crippen LogP contribution >= 0.6 is 24.0 Å². The highest BCUT2D eigenvalue weighted by molar-refractivity contribution is 14.0. The monoisotopic (exact) mass is 456 g/mol. The van der Waals surface area contributed by atoms with Gasteiger partial charge in [-0.15, -0.1) is 24.0 Å². The van der Waals surface area contributed by atoms with E-state index >= 15 is 0 Å². The lowest BCUT2D eigenvalue weighted by molar-refractivity contribution is 0.210. The molecule has 0 saturated carbocycles. The summed E-state index contributed by atoms with van der Waals surface area (Å²) in [4.78, 5) is 6.74.